The Hall–Kier alpha value is -5.18. The average Bonchev–Trinajstić information content (AvgIpc) is 2.94. The van der Waals surface area contributed by atoms with Crippen molar-refractivity contribution >= 4 is 57.5 Å². The van der Waals surface area contributed by atoms with Crippen LogP contribution in [-0.4, -0.2) is 57.7 Å². The van der Waals surface area contributed by atoms with Gasteiger partial charge in [0, 0.05) is 17.5 Å². The summed E-state index contributed by atoms with van der Waals surface area (Å²) in [6.07, 6.45) is -5.08. The van der Waals surface area contributed by atoms with Gasteiger partial charge in [-0.05, 0) is 50.2 Å². The number of carbonyl (C=O) groups excluding carboxylic acids is 2. The molecule has 0 radical (unpaired) electrons. The lowest BCUT2D eigenvalue weighted by Crippen LogP contribution is -2.31. The Balaban J connectivity index is 0.000000646. The number of amides is 2. The fourth-order valence-corrected chi connectivity index (χ4v) is 3.89. The minimum absolute atomic E-state index is 0.0968. The molecule has 0 spiro atoms. The predicted octanol–water partition coefficient (Wildman–Crippen LogP) is 4.42. The summed E-state index contributed by atoms with van der Waals surface area (Å²) in [6, 6.07) is 13.0. The van der Waals surface area contributed by atoms with Crippen LogP contribution in [0.15, 0.2) is 53.3 Å². The van der Waals surface area contributed by atoms with Gasteiger partial charge in [0.1, 0.15) is 11.2 Å². The number of carbonyl (C=O) groups is 3. The zero-order valence-corrected chi connectivity index (χ0v) is 23.5. The van der Waals surface area contributed by atoms with Crippen molar-refractivity contribution in [2.45, 2.75) is 20.0 Å². The number of H-pyrrole nitrogens is 1. The number of methoxy groups -OCH3 is 1. The van der Waals surface area contributed by atoms with Crippen LogP contribution in [-0.2, 0) is 4.79 Å². The number of rotatable bonds is 6. The fraction of sp³-hybridized carbons (Fsp3) is 0.185. The average molecular weight is 621 g/mol. The third kappa shape index (κ3) is 7.56. The molecule has 5 N–H and O–H groups in total. The number of benzene rings is 2. The number of aliphatic carboxylic acids is 1. The third-order valence-corrected chi connectivity index (χ3v) is 6.13. The van der Waals surface area contributed by atoms with E-state index in [1.54, 1.807) is 37.3 Å². The monoisotopic (exact) mass is 620 g/mol. The van der Waals surface area contributed by atoms with Crippen LogP contribution in [0.2, 0.25) is 5.02 Å². The van der Waals surface area contributed by atoms with Crippen LogP contribution in [0, 0.1) is 6.92 Å². The van der Waals surface area contributed by atoms with Gasteiger partial charge in [-0.2, -0.15) is 23.1 Å². The molecule has 0 bridgehead atoms. The highest BCUT2D eigenvalue weighted by Gasteiger charge is 2.38. The van der Waals surface area contributed by atoms with Gasteiger partial charge in [-0.1, -0.05) is 23.7 Å². The number of carboxylic acid groups (broad SMARTS) is 1. The first-order valence-electron chi connectivity index (χ1n) is 12.2. The van der Waals surface area contributed by atoms with Crippen molar-refractivity contribution in [1.82, 2.24) is 15.0 Å². The van der Waals surface area contributed by atoms with E-state index in [4.69, 9.17) is 32.0 Å². The maximum atomic E-state index is 13.3. The molecule has 226 valence electrons. The number of carboxylic acids is 1. The standard InChI is InChI=1S/C25H23ClN6O4.C2HF3O2/c1-4-32(20-8-6-5-7-18(20)27)24(35)14-9-10-17(26)19(11-14)29-22(33)16-12-15-13(2)28-25(36-3)31-21(15)30-23(16)34;3-2(4,5)1(6)7/h5-12H,4,27H2,1-3H3,(H,29,33)(H,28,30,31,34);(H,6,7). The maximum absolute atomic E-state index is 13.3. The molecule has 43 heavy (non-hydrogen) atoms. The summed E-state index contributed by atoms with van der Waals surface area (Å²) in [5, 5.41) is 10.4. The Morgan fingerprint density at radius 2 is 1.79 bits per heavy atom. The molecule has 0 fully saturated rings. The van der Waals surface area contributed by atoms with Crippen LogP contribution in [0.1, 0.15) is 33.3 Å². The van der Waals surface area contributed by atoms with E-state index < -0.39 is 23.6 Å². The number of fused-ring (bicyclic) bond motifs is 1. The maximum Gasteiger partial charge on any atom is 0.490 e. The summed E-state index contributed by atoms with van der Waals surface area (Å²) >= 11 is 6.30. The van der Waals surface area contributed by atoms with Gasteiger partial charge in [0.15, 0.2) is 0 Å². The number of ether oxygens (including phenoxy) is 1. The number of halogens is 4. The fourth-order valence-electron chi connectivity index (χ4n) is 3.72. The number of aromatic amines is 1. The first-order valence-corrected chi connectivity index (χ1v) is 12.6. The van der Waals surface area contributed by atoms with E-state index in [1.807, 2.05) is 6.92 Å². The smallest absolute Gasteiger partial charge is 0.475 e. The van der Waals surface area contributed by atoms with Gasteiger partial charge in [-0.25, -0.2) is 4.79 Å². The molecule has 12 nitrogen and oxygen atoms in total. The van der Waals surface area contributed by atoms with Gasteiger partial charge in [-0.15, -0.1) is 0 Å². The van der Waals surface area contributed by atoms with Crippen LogP contribution in [0.3, 0.4) is 0 Å². The van der Waals surface area contributed by atoms with Gasteiger partial charge in [0.25, 0.3) is 17.4 Å². The van der Waals surface area contributed by atoms with Crippen molar-refractivity contribution in [3.63, 3.8) is 0 Å². The van der Waals surface area contributed by atoms with Crippen molar-refractivity contribution in [3.8, 4) is 6.01 Å². The van der Waals surface area contributed by atoms with Crippen LogP contribution in [0.25, 0.3) is 11.0 Å². The molecule has 0 aliphatic heterocycles. The van der Waals surface area contributed by atoms with Crippen LogP contribution >= 0.6 is 11.6 Å². The third-order valence-electron chi connectivity index (χ3n) is 5.80. The molecule has 0 unspecified atom stereocenters. The molecule has 16 heteroatoms. The van der Waals surface area contributed by atoms with Gasteiger partial charge in [0.2, 0.25) is 0 Å². The van der Waals surface area contributed by atoms with Gasteiger partial charge in [0.05, 0.1) is 34.9 Å². The zero-order chi connectivity index (χ0) is 32.1. The van der Waals surface area contributed by atoms with Crippen LogP contribution in [0.4, 0.5) is 30.2 Å². The molecular formula is C27H24ClF3N6O6. The van der Waals surface area contributed by atoms with Gasteiger partial charge < -0.3 is 30.8 Å². The van der Waals surface area contributed by atoms with E-state index in [0.717, 1.165) is 0 Å². The predicted molar refractivity (Wildman–Crippen MR) is 153 cm³/mol. The second-order valence-electron chi connectivity index (χ2n) is 8.63. The Morgan fingerprint density at radius 1 is 1.14 bits per heavy atom. The summed E-state index contributed by atoms with van der Waals surface area (Å²) in [5.74, 6) is -3.79. The van der Waals surface area contributed by atoms with E-state index in [-0.39, 0.29) is 39.4 Å². The number of nitrogens with one attached hydrogen (secondary N) is 2. The highest BCUT2D eigenvalue weighted by Crippen LogP contribution is 2.28. The first-order chi connectivity index (χ1) is 20.2. The SMILES string of the molecule is CCN(C(=O)c1ccc(Cl)c(NC(=O)c2cc3c(C)nc(OC)nc3[nH]c2=O)c1)c1ccccc1N.O=C(O)C(F)(F)F. The van der Waals surface area contributed by atoms with Crippen molar-refractivity contribution < 1.29 is 37.4 Å². The Kier molecular flexibility index (Phi) is 9.93. The molecule has 2 amide bonds. The quantitative estimate of drug-likeness (QED) is 0.227. The van der Waals surface area contributed by atoms with Gasteiger partial charge >= 0.3 is 18.2 Å². The minimum Gasteiger partial charge on any atom is -0.475 e. The summed E-state index contributed by atoms with van der Waals surface area (Å²) in [4.78, 5) is 60.2. The lowest BCUT2D eigenvalue weighted by molar-refractivity contribution is -0.192. The highest BCUT2D eigenvalue weighted by atomic mass is 35.5. The molecule has 4 aromatic rings. The van der Waals surface area contributed by atoms with Crippen molar-refractivity contribution in [2.24, 2.45) is 0 Å². The largest absolute Gasteiger partial charge is 0.490 e. The van der Waals surface area contributed by atoms with Crippen molar-refractivity contribution in [3.05, 3.63) is 80.7 Å². The van der Waals surface area contributed by atoms with E-state index in [1.165, 1.54) is 30.2 Å². The molecular weight excluding hydrogens is 597 g/mol. The molecule has 0 atom stereocenters. The van der Waals surface area contributed by atoms with E-state index in [2.05, 4.69) is 20.3 Å². The molecule has 0 aliphatic carbocycles. The minimum atomic E-state index is -5.08. The molecule has 2 aromatic heterocycles. The molecule has 4 rings (SSSR count). The van der Waals surface area contributed by atoms with Crippen LogP contribution < -0.4 is 26.2 Å². The number of aryl methyl sites for hydroxylation is 1. The number of pyridine rings is 1. The lowest BCUT2D eigenvalue weighted by Gasteiger charge is -2.23. The van der Waals surface area contributed by atoms with E-state index in [9.17, 15) is 27.6 Å². The first kappa shape index (κ1) is 32.3. The lowest BCUT2D eigenvalue weighted by atomic mass is 10.1. The van der Waals surface area contributed by atoms with E-state index in [0.29, 0.717) is 29.0 Å². The molecule has 0 saturated heterocycles. The number of nitrogens with two attached hydrogens (primary N) is 1. The molecule has 2 heterocycles. The summed E-state index contributed by atoms with van der Waals surface area (Å²) < 4.78 is 36.8. The molecule has 0 aliphatic rings. The normalized spacial score (nSPS) is 10.9. The summed E-state index contributed by atoms with van der Waals surface area (Å²) in [6.45, 7) is 3.91. The summed E-state index contributed by atoms with van der Waals surface area (Å²) in [7, 11) is 1.41. The number of alkyl halides is 3. The van der Waals surface area contributed by atoms with Crippen molar-refractivity contribution in [1.29, 1.82) is 0 Å². The van der Waals surface area contributed by atoms with E-state index >= 15 is 0 Å². The zero-order valence-electron chi connectivity index (χ0n) is 22.7. The topological polar surface area (TPSA) is 181 Å². The number of aromatic nitrogens is 3. The summed E-state index contributed by atoms with van der Waals surface area (Å²) in [5.41, 5.74) is 7.49. The Labute approximate surface area is 246 Å². The number of hydrogen-bond donors (Lipinski definition) is 4. The Bertz CT molecular complexity index is 1760. The number of nitrogens with zero attached hydrogens (tertiary/aromatic N) is 3. The molecule has 0 saturated carbocycles. The van der Waals surface area contributed by atoms with Crippen LogP contribution in [0.5, 0.6) is 6.01 Å². The second-order valence-corrected chi connectivity index (χ2v) is 9.04. The number of nitrogen functional groups attached to an aromatic ring is 1. The van der Waals surface area contributed by atoms with Crippen molar-refractivity contribution in [2.75, 3.05) is 29.6 Å². The number of hydrogen-bond acceptors (Lipinski definition) is 8. The highest BCUT2D eigenvalue weighted by molar-refractivity contribution is 6.34. The number of para-hydroxylation sites is 2. The van der Waals surface area contributed by atoms with Gasteiger partial charge in [-0.3, -0.25) is 14.4 Å². The molecule has 2 aromatic carbocycles. The Morgan fingerprint density at radius 3 is 2.37 bits per heavy atom. The second kappa shape index (κ2) is 13.2. The number of anilines is 3.